The zero-order valence-corrected chi connectivity index (χ0v) is 10.4. The van der Waals surface area contributed by atoms with Gasteiger partial charge in [-0.2, -0.15) is 0 Å². The minimum atomic E-state index is -0.235. The largest absolute Gasteiger partial charge is 0.494 e. The molecule has 0 radical (unpaired) electrons. The molecule has 1 saturated heterocycles. The van der Waals surface area contributed by atoms with Crippen LogP contribution in [0.4, 0.5) is 4.39 Å². The summed E-state index contributed by atoms with van der Waals surface area (Å²) in [7, 11) is 1.50. The molecule has 1 atom stereocenters. The van der Waals surface area contributed by atoms with E-state index < -0.39 is 0 Å². The lowest BCUT2D eigenvalue weighted by Gasteiger charge is -2.34. The maximum Gasteiger partial charge on any atom is 0.169 e. The van der Waals surface area contributed by atoms with Gasteiger partial charge in [-0.1, -0.05) is 12.1 Å². The number of nitrogens with zero attached hydrogens (tertiary/aromatic N) is 1. The van der Waals surface area contributed by atoms with Gasteiger partial charge in [0.2, 0.25) is 0 Å². The third-order valence-electron chi connectivity index (χ3n) is 3.28. The van der Waals surface area contributed by atoms with E-state index in [1.165, 1.54) is 7.11 Å². The van der Waals surface area contributed by atoms with Gasteiger partial charge in [-0.25, -0.2) is 4.39 Å². The molecule has 0 bridgehead atoms. The van der Waals surface area contributed by atoms with Crippen molar-refractivity contribution in [2.45, 2.75) is 19.5 Å². The van der Waals surface area contributed by atoms with Crippen molar-refractivity contribution in [3.05, 3.63) is 29.6 Å². The Morgan fingerprint density at radius 3 is 3.06 bits per heavy atom. The molecule has 0 aromatic heterocycles. The van der Waals surface area contributed by atoms with Gasteiger partial charge in [-0.05, 0) is 13.0 Å². The van der Waals surface area contributed by atoms with Crippen molar-refractivity contribution in [1.29, 1.82) is 0 Å². The van der Waals surface area contributed by atoms with E-state index in [-0.39, 0.29) is 5.82 Å². The summed E-state index contributed by atoms with van der Waals surface area (Å²) in [5.41, 5.74) is 0.707. The summed E-state index contributed by atoms with van der Waals surface area (Å²) in [5, 5.41) is 3.33. The summed E-state index contributed by atoms with van der Waals surface area (Å²) in [6, 6.07) is 5.76. The molecule has 1 aromatic rings. The number of piperazine rings is 1. The second kappa shape index (κ2) is 5.47. The van der Waals surface area contributed by atoms with Crippen LogP contribution < -0.4 is 10.1 Å². The molecule has 2 rings (SSSR count). The minimum absolute atomic E-state index is 0.235. The van der Waals surface area contributed by atoms with Crippen LogP contribution in [-0.2, 0) is 6.54 Å². The Kier molecular flexibility index (Phi) is 3.97. The lowest BCUT2D eigenvalue weighted by molar-refractivity contribution is 0.163. The van der Waals surface area contributed by atoms with Crippen molar-refractivity contribution in [2.24, 2.45) is 0 Å². The molecule has 3 nitrogen and oxygen atoms in total. The van der Waals surface area contributed by atoms with Gasteiger partial charge in [0.05, 0.1) is 7.11 Å². The maximum atomic E-state index is 14.0. The van der Waals surface area contributed by atoms with Gasteiger partial charge in [-0.15, -0.1) is 0 Å². The molecule has 0 aliphatic carbocycles. The van der Waals surface area contributed by atoms with Crippen LogP contribution in [-0.4, -0.2) is 37.7 Å². The van der Waals surface area contributed by atoms with Crippen LogP contribution in [0, 0.1) is 5.82 Å². The number of halogens is 1. The van der Waals surface area contributed by atoms with E-state index in [0.29, 0.717) is 23.9 Å². The normalized spacial score (nSPS) is 21.5. The highest BCUT2D eigenvalue weighted by Crippen LogP contribution is 2.22. The van der Waals surface area contributed by atoms with Gasteiger partial charge in [0.1, 0.15) is 0 Å². The molecule has 1 aliphatic heterocycles. The number of benzene rings is 1. The molecule has 1 aliphatic rings. The van der Waals surface area contributed by atoms with Gasteiger partial charge in [0.25, 0.3) is 0 Å². The topological polar surface area (TPSA) is 24.5 Å². The Bertz CT molecular complexity index is 384. The smallest absolute Gasteiger partial charge is 0.169 e. The SMILES string of the molecule is COc1cccc(CN2CCNC[C@H]2C)c1F. The highest BCUT2D eigenvalue weighted by atomic mass is 19.1. The first-order valence-electron chi connectivity index (χ1n) is 5.98. The van der Waals surface area contributed by atoms with Gasteiger partial charge < -0.3 is 10.1 Å². The van der Waals surface area contributed by atoms with Crippen LogP contribution in [0.5, 0.6) is 5.75 Å². The summed E-state index contributed by atoms with van der Waals surface area (Å²) in [5.74, 6) is 0.0889. The molecule has 1 fully saturated rings. The molecule has 0 spiro atoms. The van der Waals surface area contributed by atoms with E-state index >= 15 is 0 Å². The Hall–Kier alpha value is -1.13. The third-order valence-corrected chi connectivity index (χ3v) is 3.28. The van der Waals surface area contributed by atoms with E-state index in [9.17, 15) is 4.39 Å². The van der Waals surface area contributed by atoms with Crippen molar-refractivity contribution >= 4 is 0 Å². The van der Waals surface area contributed by atoms with E-state index in [4.69, 9.17) is 4.74 Å². The number of rotatable bonds is 3. The van der Waals surface area contributed by atoms with Crippen LogP contribution in [0.3, 0.4) is 0 Å². The third kappa shape index (κ3) is 2.76. The predicted octanol–water partition coefficient (Wildman–Crippen LogP) is 1.63. The van der Waals surface area contributed by atoms with Crippen molar-refractivity contribution in [3.63, 3.8) is 0 Å². The summed E-state index contributed by atoms with van der Waals surface area (Å²) < 4.78 is 19.0. The first kappa shape index (κ1) is 12.3. The first-order valence-corrected chi connectivity index (χ1v) is 5.98. The minimum Gasteiger partial charge on any atom is -0.494 e. The summed E-state index contributed by atoms with van der Waals surface area (Å²) in [6.07, 6.45) is 0. The fraction of sp³-hybridized carbons (Fsp3) is 0.538. The average Bonchev–Trinajstić information content (AvgIpc) is 2.34. The Labute approximate surface area is 102 Å². The molecular formula is C13H19FN2O. The predicted molar refractivity (Wildman–Crippen MR) is 65.7 cm³/mol. The van der Waals surface area contributed by atoms with Gasteiger partial charge in [0, 0.05) is 37.8 Å². The fourth-order valence-corrected chi connectivity index (χ4v) is 2.17. The molecular weight excluding hydrogens is 219 g/mol. The zero-order chi connectivity index (χ0) is 12.3. The number of ether oxygens (including phenoxy) is 1. The molecule has 4 heteroatoms. The molecule has 0 saturated carbocycles. The number of nitrogens with one attached hydrogen (secondary N) is 1. The molecule has 0 amide bonds. The summed E-state index contributed by atoms with van der Waals surface area (Å²) >= 11 is 0. The van der Waals surface area contributed by atoms with Gasteiger partial charge in [0.15, 0.2) is 11.6 Å². The standard InChI is InChI=1S/C13H19FN2O/c1-10-8-15-6-7-16(10)9-11-4-3-5-12(17-2)13(11)14/h3-5,10,15H,6-9H2,1-2H3/t10-/m1/s1. The molecule has 1 N–H and O–H groups in total. The fourth-order valence-electron chi connectivity index (χ4n) is 2.17. The molecule has 94 valence electrons. The highest BCUT2D eigenvalue weighted by molar-refractivity contribution is 5.31. The second-order valence-electron chi connectivity index (χ2n) is 4.46. The number of methoxy groups -OCH3 is 1. The van der Waals surface area contributed by atoms with Gasteiger partial charge >= 0.3 is 0 Å². The van der Waals surface area contributed by atoms with Gasteiger partial charge in [-0.3, -0.25) is 4.90 Å². The average molecular weight is 238 g/mol. The Morgan fingerprint density at radius 1 is 1.53 bits per heavy atom. The van der Waals surface area contributed by atoms with Crippen LogP contribution in [0.1, 0.15) is 12.5 Å². The van der Waals surface area contributed by atoms with Crippen LogP contribution in [0.2, 0.25) is 0 Å². The monoisotopic (exact) mass is 238 g/mol. The van der Waals surface area contributed by atoms with Crippen molar-refractivity contribution in [3.8, 4) is 5.75 Å². The van der Waals surface area contributed by atoms with Crippen LogP contribution >= 0.6 is 0 Å². The highest BCUT2D eigenvalue weighted by Gasteiger charge is 2.19. The first-order chi connectivity index (χ1) is 8.22. The number of hydrogen-bond donors (Lipinski definition) is 1. The van der Waals surface area contributed by atoms with Crippen molar-refractivity contribution in [1.82, 2.24) is 10.2 Å². The lowest BCUT2D eigenvalue weighted by Crippen LogP contribution is -2.49. The quantitative estimate of drug-likeness (QED) is 0.866. The van der Waals surface area contributed by atoms with E-state index in [1.807, 2.05) is 12.1 Å². The molecule has 1 aromatic carbocycles. The summed E-state index contributed by atoms with van der Waals surface area (Å²) in [4.78, 5) is 2.29. The van der Waals surface area contributed by atoms with Crippen molar-refractivity contribution in [2.75, 3.05) is 26.7 Å². The van der Waals surface area contributed by atoms with E-state index in [0.717, 1.165) is 19.6 Å². The molecule has 1 heterocycles. The Morgan fingerprint density at radius 2 is 2.35 bits per heavy atom. The Balaban J connectivity index is 2.12. The number of hydrogen-bond acceptors (Lipinski definition) is 3. The van der Waals surface area contributed by atoms with Crippen LogP contribution in [0.25, 0.3) is 0 Å². The lowest BCUT2D eigenvalue weighted by atomic mass is 10.1. The van der Waals surface area contributed by atoms with Crippen molar-refractivity contribution < 1.29 is 9.13 Å². The second-order valence-corrected chi connectivity index (χ2v) is 4.46. The van der Waals surface area contributed by atoms with E-state index in [2.05, 4.69) is 17.1 Å². The molecule has 17 heavy (non-hydrogen) atoms. The molecule has 0 unspecified atom stereocenters. The van der Waals surface area contributed by atoms with E-state index in [1.54, 1.807) is 6.07 Å². The zero-order valence-electron chi connectivity index (χ0n) is 10.4. The van der Waals surface area contributed by atoms with Crippen LogP contribution in [0.15, 0.2) is 18.2 Å². The summed E-state index contributed by atoms with van der Waals surface area (Å²) in [6.45, 7) is 5.69. The maximum absolute atomic E-state index is 14.0.